The topological polar surface area (TPSA) is 17.4 Å². The van der Waals surface area contributed by atoms with Gasteiger partial charge in [-0.1, -0.05) is 30.3 Å². The molecule has 0 aliphatic rings. The van der Waals surface area contributed by atoms with Crippen molar-refractivity contribution in [3.63, 3.8) is 0 Å². The van der Waals surface area contributed by atoms with Crippen LogP contribution >= 0.6 is 0 Å². The summed E-state index contributed by atoms with van der Waals surface area (Å²) in [7, 11) is 5.91. The van der Waals surface area contributed by atoms with Gasteiger partial charge < -0.3 is 14.2 Å². The molecule has 0 aliphatic carbocycles. The number of hydrogen-bond donors (Lipinski definition) is 0. The molecule has 0 bridgehead atoms. The summed E-state index contributed by atoms with van der Waals surface area (Å²) in [5.41, 5.74) is 6.21. The van der Waals surface area contributed by atoms with Crippen LogP contribution in [0.5, 0.6) is 0 Å². The average Bonchev–Trinajstić information content (AvgIpc) is 2.88. The van der Waals surface area contributed by atoms with Crippen LogP contribution < -0.4 is 4.90 Å². The van der Waals surface area contributed by atoms with Gasteiger partial charge >= 0.3 is 0 Å². The van der Waals surface area contributed by atoms with Crippen molar-refractivity contribution in [1.29, 1.82) is 0 Å². The van der Waals surface area contributed by atoms with Crippen molar-refractivity contribution in [2.45, 2.75) is 26.5 Å². The number of methoxy groups -OCH3 is 1. The molecule has 0 radical (unpaired) electrons. The van der Waals surface area contributed by atoms with Gasteiger partial charge in [0.05, 0.1) is 0 Å². The summed E-state index contributed by atoms with van der Waals surface area (Å²) in [6.45, 7) is 5.35. The van der Waals surface area contributed by atoms with E-state index in [0.717, 1.165) is 6.54 Å². The maximum absolute atomic E-state index is 5.94. The summed E-state index contributed by atoms with van der Waals surface area (Å²) >= 11 is 0. The molecule has 0 N–H and O–H groups in total. The number of anilines is 1. The Bertz CT molecular complexity index is 831. The Labute approximate surface area is 144 Å². The predicted molar refractivity (Wildman–Crippen MR) is 102 cm³/mol. The second-order valence-corrected chi connectivity index (χ2v) is 6.36. The molecule has 0 saturated carbocycles. The maximum Gasteiger partial charge on any atom is 0.109 e. The zero-order valence-electron chi connectivity index (χ0n) is 15.2. The zero-order chi connectivity index (χ0) is 17.3. The average molecular weight is 322 g/mol. The molecule has 3 rings (SSSR count). The van der Waals surface area contributed by atoms with Crippen LogP contribution in [0.1, 0.15) is 29.8 Å². The Morgan fingerprint density at radius 2 is 1.71 bits per heavy atom. The SMILES string of the molecule is CCn1c(C)c(C(OC)c2ccc(N(C)C)cc2)c2ccccc21. The Balaban J connectivity index is 2.15. The molecule has 126 valence electrons. The van der Waals surface area contributed by atoms with Crippen LogP contribution in [-0.4, -0.2) is 25.8 Å². The molecule has 1 heterocycles. The minimum Gasteiger partial charge on any atom is -0.378 e. The van der Waals surface area contributed by atoms with E-state index in [1.807, 2.05) is 0 Å². The molecular formula is C21H26N2O. The van der Waals surface area contributed by atoms with Gasteiger partial charge in [-0.3, -0.25) is 0 Å². The summed E-state index contributed by atoms with van der Waals surface area (Å²) < 4.78 is 8.31. The smallest absolute Gasteiger partial charge is 0.109 e. The Morgan fingerprint density at radius 3 is 2.29 bits per heavy atom. The van der Waals surface area contributed by atoms with Gasteiger partial charge in [0, 0.05) is 55.6 Å². The minimum absolute atomic E-state index is 0.0566. The first kappa shape index (κ1) is 16.6. The number of rotatable bonds is 5. The van der Waals surface area contributed by atoms with E-state index < -0.39 is 0 Å². The number of para-hydroxylation sites is 1. The summed E-state index contributed by atoms with van der Waals surface area (Å²) in [5.74, 6) is 0. The van der Waals surface area contributed by atoms with E-state index in [9.17, 15) is 0 Å². The van der Waals surface area contributed by atoms with E-state index in [2.05, 4.69) is 85.9 Å². The van der Waals surface area contributed by atoms with E-state index in [0.29, 0.717) is 0 Å². The number of fused-ring (bicyclic) bond motifs is 1. The lowest BCUT2D eigenvalue weighted by Gasteiger charge is -2.19. The van der Waals surface area contributed by atoms with Gasteiger partial charge in [-0.25, -0.2) is 0 Å². The normalized spacial score (nSPS) is 12.5. The molecule has 1 unspecified atom stereocenters. The van der Waals surface area contributed by atoms with E-state index in [1.54, 1.807) is 7.11 Å². The Hall–Kier alpha value is -2.26. The minimum atomic E-state index is -0.0566. The van der Waals surface area contributed by atoms with Crippen molar-refractivity contribution >= 4 is 16.6 Å². The lowest BCUT2D eigenvalue weighted by atomic mass is 9.98. The highest BCUT2D eigenvalue weighted by molar-refractivity contribution is 5.86. The molecule has 3 aromatic rings. The van der Waals surface area contributed by atoms with Crippen molar-refractivity contribution in [2.75, 3.05) is 26.1 Å². The van der Waals surface area contributed by atoms with Crippen LogP contribution in [-0.2, 0) is 11.3 Å². The van der Waals surface area contributed by atoms with Gasteiger partial charge in [-0.2, -0.15) is 0 Å². The lowest BCUT2D eigenvalue weighted by molar-refractivity contribution is 0.137. The van der Waals surface area contributed by atoms with E-state index >= 15 is 0 Å². The molecule has 0 aliphatic heterocycles. The second kappa shape index (κ2) is 6.70. The largest absolute Gasteiger partial charge is 0.378 e. The molecular weight excluding hydrogens is 296 g/mol. The third-order valence-corrected chi connectivity index (χ3v) is 4.81. The van der Waals surface area contributed by atoms with Crippen molar-refractivity contribution in [1.82, 2.24) is 4.57 Å². The molecule has 3 nitrogen and oxygen atoms in total. The fourth-order valence-corrected chi connectivity index (χ4v) is 3.56. The molecule has 3 heteroatoms. The van der Waals surface area contributed by atoms with Crippen LogP contribution in [0.2, 0.25) is 0 Å². The van der Waals surface area contributed by atoms with Gasteiger partial charge in [0.1, 0.15) is 6.10 Å². The number of hydrogen-bond acceptors (Lipinski definition) is 2. The number of aromatic nitrogens is 1. The summed E-state index contributed by atoms with van der Waals surface area (Å²) in [6, 6.07) is 17.2. The van der Waals surface area contributed by atoms with Crippen LogP contribution in [0.15, 0.2) is 48.5 Å². The molecule has 0 fully saturated rings. The molecule has 0 saturated heterocycles. The molecule has 1 atom stereocenters. The van der Waals surface area contributed by atoms with Crippen LogP contribution in [0, 0.1) is 6.92 Å². The number of ether oxygens (including phenoxy) is 1. The van der Waals surface area contributed by atoms with Gasteiger partial charge in [0.25, 0.3) is 0 Å². The third-order valence-electron chi connectivity index (χ3n) is 4.81. The summed E-state index contributed by atoms with van der Waals surface area (Å²) in [6.07, 6.45) is -0.0566. The highest BCUT2D eigenvalue weighted by Crippen LogP contribution is 2.36. The van der Waals surface area contributed by atoms with Crippen molar-refractivity contribution in [3.05, 3.63) is 65.4 Å². The summed E-state index contributed by atoms with van der Waals surface area (Å²) in [5, 5.41) is 1.28. The highest BCUT2D eigenvalue weighted by atomic mass is 16.5. The van der Waals surface area contributed by atoms with E-state index in [1.165, 1.54) is 33.4 Å². The van der Waals surface area contributed by atoms with Crippen LogP contribution in [0.25, 0.3) is 10.9 Å². The highest BCUT2D eigenvalue weighted by Gasteiger charge is 2.22. The zero-order valence-corrected chi connectivity index (χ0v) is 15.2. The van der Waals surface area contributed by atoms with Crippen LogP contribution in [0.4, 0.5) is 5.69 Å². The molecule has 24 heavy (non-hydrogen) atoms. The monoisotopic (exact) mass is 322 g/mol. The molecule has 2 aromatic carbocycles. The first-order valence-corrected chi connectivity index (χ1v) is 8.46. The third kappa shape index (κ3) is 2.69. The molecule has 0 amide bonds. The van der Waals surface area contributed by atoms with Gasteiger partial charge in [0.15, 0.2) is 0 Å². The van der Waals surface area contributed by atoms with E-state index in [4.69, 9.17) is 4.74 Å². The van der Waals surface area contributed by atoms with Gasteiger partial charge in [-0.05, 0) is 37.6 Å². The molecule has 1 aromatic heterocycles. The van der Waals surface area contributed by atoms with Gasteiger partial charge in [0.2, 0.25) is 0 Å². The fraction of sp³-hybridized carbons (Fsp3) is 0.333. The van der Waals surface area contributed by atoms with Crippen molar-refractivity contribution < 1.29 is 4.74 Å². The van der Waals surface area contributed by atoms with Crippen molar-refractivity contribution in [3.8, 4) is 0 Å². The quantitative estimate of drug-likeness (QED) is 0.673. The van der Waals surface area contributed by atoms with Crippen molar-refractivity contribution in [2.24, 2.45) is 0 Å². The lowest BCUT2D eigenvalue weighted by Crippen LogP contribution is -2.10. The number of aryl methyl sites for hydroxylation is 1. The predicted octanol–water partition coefficient (Wildman–Crippen LogP) is 4.77. The second-order valence-electron chi connectivity index (χ2n) is 6.36. The first-order chi connectivity index (χ1) is 11.6. The summed E-state index contributed by atoms with van der Waals surface area (Å²) in [4.78, 5) is 2.11. The standard InChI is InChI=1S/C21H26N2O/c1-6-23-15(2)20(18-9-7-8-10-19(18)23)21(24-5)16-11-13-17(14-12-16)22(3)4/h7-14,21H,6H2,1-5H3. The van der Waals surface area contributed by atoms with Crippen LogP contribution in [0.3, 0.4) is 0 Å². The maximum atomic E-state index is 5.94. The Kier molecular flexibility index (Phi) is 4.63. The number of benzene rings is 2. The molecule has 0 spiro atoms. The fourth-order valence-electron chi connectivity index (χ4n) is 3.56. The number of nitrogens with zero attached hydrogens (tertiary/aromatic N) is 2. The van der Waals surface area contributed by atoms with E-state index in [-0.39, 0.29) is 6.10 Å². The Morgan fingerprint density at radius 1 is 1.04 bits per heavy atom. The first-order valence-electron chi connectivity index (χ1n) is 8.46. The van der Waals surface area contributed by atoms with Gasteiger partial charge in [-0.15, -0.1) is 0 Å².